The lowest BCUT2D eigenvalue weighted by Gasteiger charge is -2.05. The quantitative estimate of drug-likeness (QED) is 0.515. The summed E-state index contributed by atoms with van der Waals surface area (Å²) >= 11 is 0. The van der Waals surface area contributed by atoms with Crippen molar-refractivity contribution in [3.8, 4) is 0 Å². The van der Waals surface area contributed by atoms with Gasteiger partial charge < -0.3 is 5.73 Å². The molecule has 0 heterocycles. The van der Waals surface area contributed by atoms with Crippen LogP contribution in [0.25, 0.3) is 0 Å². The molecule has 0 aromatic heterocycles. The van der Waals surface area contributed by atoms with E-state index in [1.807, 2.05) is 30.3 Å². The highest BCUT2D eigenvalue weighted by molar-refractivity contribution is 5.73. The van der Waals surface area contributed by atoms with E-state index in [1.54, 1.807) is 0 Å². The molecule has 16 heavy (non-hydrogen) atoms. The lowest BCUT2D eigenvalue weighted by atomic mass is 10.2. The van der Waals surface area contributed by atoms with Crippen LogP contribution in [0.1, 0.15) is 24.8 Å². The number of hydrogen-bond donors (Lipinski definition) is 2. The summed E-state index contributed by atoms with van der Waals surface area (Å²) in [5.41, 5.74) is 9.01. The lowest BCUT2D eigenvalue weighted by molar-refractivity contribution is -0.118. The summed E-state index contributed by atoms with van der Waals surface area (Å²) in [6.07, 6.45) is 2.13. The van der Waals surface area contributed by atoms with E-state index in [9.17, 15) is 4.79 Å². The Bertz CT molecular complexity index is 301. The van der Waals surface area contributed by atoms with Gasteiger partial charge in [-0.05, 0) is 18.4 Å². The minimum Gasteiger partial charge on any atom is -0.370 e. The average molecular weight is 222 g/mol. The Balaban J connectivity index is 1.94. The number of benzene rings is 1. The molecule has 1 rings (SSSR count). The van der Waals surface area contributed by atoms with E-state index in [4.69, 9.17) is 10.6 Å². The van der Waals surface area contributed by atoms with E-state index in [1.165, 1.54) is 0 Å². The number of carbonyl (C=O) groups is 1. The lowest BCUT2D eigenvalue weighted by Crippen LogP contribution is -2.17. The Kier molecular flexibility index (Phi) is 6.22. The molecule has 0 saturated carbocycles. The Morgan fingerprint density at radius 3 is 2.69 bits per heavy atom. The first kappa shape index (κ1) is 12.7. The maximum absolute atomic E-state index is 10.4. The molecule has 0 atom stereocenters. The summed E-state index contributed by atoms with van der Waals surface area (Å²) in [5, 5.41) is 0. The van der Waals surface area contributed by atoms with E-state index >= 15 is 0 Å². The maximum Gasteiger partial charge on any atom is 0.217 e. The van der Waals surface area contributed by atoms with Crippen LogP contribution in [0.4, 0.5) is 0 Å². The minimum absolute atomic E-state index is 0.245. The Morgan fingerprint density at radius 1 is 1.25 bits per heavy atom. The predicted octanol–water partition coefficient (Wildman–Crippen LogP) is 1.36. The van der Waals surface area contributed by atoms with Gasteiger partial charge in [-0.1, -0.05) is 30.3 Å². The Labute approximate surface area is 95.7 Å². The predicted molar refractivity (Wildman–Crippen MR) is 62.3 cm³/mol. The van der Waals surface area contributed by atoms with Crippen molar-refractivity contribution in [2.24, 2.45) is 5.73 Å². The van der Waals surface area contributed by atoms with Gasteiger partial charge in [-0.25, -0.2) is 5.48 Å². The van der Waals surface area contributed by atoms with Gasteiger partial charge in [-0.15, -0.1) is 0 Å². The molecule has 0 unspecified atom stereocenters. The number of amides is 1. The fourth-order valence-corrected chi connectivity index (χ4v) is 1.28. The number of unbranched alkanes of at least 4 members (excludes halogenated alkanes) is 1. The third-order valence-electron chi connectivity index (χ3n) is 2.14. The normalized spacial score (nSPS) is 10.2. The molecule has 0 aliphatic heterocycles. The molecule has 0 aliphatic rings. The molecule has 0 saturated heterocycles. The number of hydroxylamine groups is 1. The zero-order chi connectivity index (χ0) is 11.6. The zero-order valence-corrected chi connectivity index (χ0v) is 9.32. The van der Waals surface area contributed by atoms with Gasteiger partial charge in [-0.3, -0.25) is 9.63 Å². The third kappa shape index (κ3) is 6.16. The largest absolute Gasteiger partial charge is 0.370 e. The smallest absolute Gasteiger partial charge is 0.217 e. The van der Waals surface area contributed by atoms with E-state index in [-0.39, 0.29) is 5.91 Å². The second kappa shape index (κ2) is 7.84. The van der Waals surface area contributed by atoms with Crippen LogP contribution in [-0.4, -0.2) is 12.5 Å². The summed E-state index contributed by atoms with van der Waals surface area (Å²) in [4.78, 5) is 15.7. The van der Waals surface area contributed by atoms with Gasteiger partial charge in [0.25, 0.3) is 0 Å². The molecule has 3 N–H and O–H groups in total. The number of rotatable bonds is 8. The molecular weight excluding hydrogens is 204 g/mol. The molecule has 0 bridgehead atoms. The van der Waals surface area contributed by atoms with Crippen LogP contribution < -0.4 is 11.2 Å². The molecule has 1 aromatic rings. The summed E-state index contributed by atoms with van der Waals surface area (Å²) in [7, 11) is 0. The summed E-state index contributed by atoms with van der Waals surface area (Å²) < 4.78 is 0. The van der Waals surface area contributed by atoms with Crippen molar-refractivity contribution < 1.29 is 9.63 Å². The van der Waals surface area contributed by atoms with Crippen molar-refractivity contribution in [1.82, 2.24) is 5.48 Å². The van der Waals surface area contributed by atoms with E-state index in [2.05, 4.69) is 5.48 Å². The van der Waals surface area contributed by atoms with E-state index in [0.29, 0.717) is 13.0 Å². The highest BCUT2D eigenvalue weighted by Gasteiger charge is 1.94. The van der Waals surface area contributed by atoms with Crippen LogP contribution >= 0.6 is 0 Å². The monoisotopic (exact) mass is 222 g/mol. The van der Waals surface area contributed by atoms with Crippen LogP contribution in [0.15, 0.2) is 30.3 Å². The SMILES string of the molecule is NC(=O)CCCCNOCc1ccccc1. The number of carbonyl (C=O) groups excluding carboxylic acids is 1. The zero-order valence-electron chi connectivity index (χ0n) is 9.32. The number of nitrogens with one attached hydrogen (secondary N) is 1. The van der Waals surface area contributed by atoms with Gasteiger partial charge in [0.15, 0.2) is 0 Å². The first-order chi connectivity index (χ1) is 7.79. The Morgan fingerprint density at radius 2 is 2.00 bits per heavy atom. The van der Waals surface area contributed by atoms with Gasteiger partial charge in [0.2, 0.25) is 5.91 Å². The number of primary amides is 1. The number of hydrogen-bond acceptors (Lipinski definition) is 3. The first-order valence-corrected chi connectivity index (χ1v) is 5.46. The van der Waals surface area contributed by atoms with Gasteiger partial charge in [-0.2, -0.15) is 0 Å². The van der Waals surface area contributed by atoms with Crippen molar-refractivity contribution >= 4 is 5.91 Å². The fourth-order valence-electron chi connectivity index (χ4n) is 1.28. The average Bonchev–Trinajstić information content (AvgIpc) is 2.29. The molecule has 0 fully saturated rings. The van der Waals surface area contributed by atoms with E-state index in [0.717, 1.165) is 24.9 Å². The maximum atomic E-state index is 10.4. The summed E-state index contributed by atoms with van der Waals surface area (Å²) in [6.45, 7) is 1.29. The van der Waals surface area contributed by atoms with Crippen LogP contribution in [-0.2, 0) is 16.2 Å². The van der Waals surface area contributed by atoms with Crippen LogP contribution in [0, 0.1) is 0 Å². The second-order valence-electron chi connectivity index (χ2n) is 3.59. The van der Waals surface area contributed by atoms with Crippen molar-refractivity contribution in [2.45, 2.75) is 25.9 Å². The molecule has 4 heteroatoms. The van der Waals surface area contributed by atoms with Gasteiger partial charge in [0.05, 0.1) is 6.61 Å². The van der Waals surface area contributed by atoms with Crippen molar-refractivity contribution in [2.75, 3.05) is 6.54 Å². The van der Waals surface area contributed by atoms with Gasteiger partial charge in [0, 0.05) is 13.0 Å². The molecular formula is C12H18N2O2. The summed E-state index contributed by atoms with van der Waals surface area (Å²) in [5.74, 6) is -0.245. The number of nitrogens with two attached hydrogens (primary N) is 1. The highest BCUT2D eigenvalue weighted by Crippen LogP contribution is 1.99. The Hall–Kier alpha value is -1.39. The van der Waals surface area contributed by atoms with Crippen LogP contribution in [0.5, 0.6) is 0 Å². The third-order valence-corrected chi connectivity index (χ3v) is 2.14. The molecule has 0 spiro atoms. The highest BCUT2D eigenvalue weighted by atomic mass is 16.6. The summed E-state index contributed by atoms with van der Waals surface area (Å²) in [6, 6.07) is 9.95. The van der Waals surface area contributed by atoms with Crippen molar-refractivity contribution in [1.29, 1.82) is 0 Å². The second-order valence-corrected chi connectivity index (χ2v) is 3.59. The molecule has 1 amide bonds. The fraction of sp³-hybridized carbons (Fsp3) is 0.417. The van der Waals surface area contributed by atoms with Crippen LogP contribution in [0.2, 0.25) is 0 Å². The molecule has 4 nitrogen and oxygen atoms in total. The van der Waals surface area contributed by atoms with Crippen molar-refractivity contribution in [3.63, 3.8) is 0 Å². The minimum atomic E-state index is -0.245. The van der Waals surface area contributed by atoms with Gasteiger partial charge in [0.1, 0.15) is 0 Å². The topological polar surface area (TPSA) is 64.4 Å². The van der Waals surface area contributed by atoms with E-state index < -0.39 is 0 Å². The van der Waals surface area contributed by atoms with Crippen molar-refractivity contribution in [3.05, 3.63) is 35.9 Å². The van der Waals surface area contributed by atoms with Gasteiger partial charge >= 0.3 is 0 Å². The van der Waals surface area contributed by atoms with Crippen LogP contribution in [0.3, 0.4) is 0 Å². The molecule has 0 radical (unpaired) electrons. The first-order valence-electron chi connectivity index (χ1n) is 5.46. The standard InChI is InChI=1S/C12H18N2O2/c13-12(15)8-4-5-9-14-16-10-11-6-2-1-3-7-11/h1-3,6-7,14H,4-5,8-10H2,(H2,13,15). The molecule has 1 aromatic carbocycles. The molecule has 88 valence electrons. The molecule has 0 aliphatic carbocycles.